The Morgan fingerprint density at radius 2 is 1.81 bits per heavy atom. The van der Waals surface area contributed by atoms with E-state index >= 15 is 0 Å². The number of nitro benzene ring substituents is 1. The van der Waals surface area contributed by atoms with E-state index in [1.165, 1.54) is 35.6 Å². The van der Waals surface area contributed by atoms with Gasteiger partial charge in [0.15, 0.2) is 6.10 Å². The van der Waals surface area contributed by atoms with Crippen LogP contribution in [0.1, 0.15) is 24.2 Å². The largest absolute Gasteiger partial charge is 0.481 e. The Bertz CT molecular complexity index is 1080. The first-order valence-corrected chi connectivity index (χ1v) is 10.3. The van der Waals surface area contributed by atoms with Crippen molar-refractivity contribution in [2.45, 2.75) is 20.0 Å². The maximum atomic E-state index is 12.7. The summed E-state index contributed by atoms with van der Waals surface area (Å²) >= 11 is 1.22. The molecule has 0 saturated heterocycles. The minimum absolute atomic E-state index is 0.0736. The van der Waals surface area contributed by atoms with Gasteiger partial charge in [-0.1, -0.05) is 30.3 Å². The SMILES string of the molecule is CCOC(=O)c1c(-c2ccccc2)csc1NC(=O)[C@@H](C)Oc1ccc([N+](=O)[O-])cc1. The molecule has 0 radical (unpaired) electrons. The van der Waals surface area contributed by atoms with E-state index in [0.29, 0.717) is 16.3 Å². The van der Waals surface area contributed by atoms with E-state index in [1.807, 2.05) is 30.3 Å². The van der Waals surface area contributed by atoms with Crippen LogP contribution in [0.15, 0.2) is 60.0 Å². The first-order valence-electron chi connectivity index (χ1n) is 9.46. The molecule has 0 saturated carbocycles. The van der Waals surface area contributed by atoms with Crippen LogP contribution < -0.4 is 10.1 Å². The van der Waals surface area contributed by atoms with Gasteiger partial charge in [-0.05, 0) is 31.5 Å². The van der Waals surface area contributed by atoms with Crippen molar-refractivity contribution in [2.24, 2.45) is 0 Å². The highest BCUT2D eigenvalue weighted by Gasteiger charge is 2.25. The lowest BCUT2D eigenvalue weighted by molar-refractivity contribution is -0.384. The molecule has 1 heterocycles. The number of carbonyl (C=O) groups excluding carboxylic acids is 2. The molecule has 3 rings (SSSR count). The van der Waals surface area contributed by atoms with Crippen LogP contribution >= 0.6 is 11.3 Å². The van der Waals surface area contributed by atoms with Gasteiger partial charge in [0, 0.05) is 23.1 Å². The zero-order valence-electron chi connectivity index (χ0n) is 16.9. The number of hydrogen-bond donors (Lipinski definition) is 1. The molecule has 0 aliphatic rings. The third-order valence-corrected chi connectivity index (χ3v) is 5.22. The van der Waals surface area contributed by atoms with Crippen molar-refractivity contribution in [1.29, 1.82) is 0 Å². The number of hydrogen-bond acceptors (Lipinski definition) is 7. The summed E-state index contributed by atoms with van der Waals surface area (Å²) < 4.78 is 10.8. The maximum Gasteiger partial charge on any atom is 0.341 e. The Morgan fingerprint density at radius 1 is 1.13 bits per heavy atom. The minimum Gasteiger partial charge on any atom is -0.481 e. The average molecular weight is 440 g/mol. The van der Waals surface area contributed by atoms with Crippen molar-refractivity contribution >= 4 is 33.9 Å². The molecule has 0 aliphatic heterocycles. The standard InChI is InChI=1S/C22H20N2O6S/c1-3-29-22(26)19-18(15-7-5-4-6-8-15)13-31-21(19)23-20(25)14(2)30-17-11-9-16(10-12-17)24(27)28/h4-14H,3H2,1-2H3,(H,23,25)/t14-/m1/s1. The van der Waals surface area contributed by atoms with Gasteiger partial charge in [-0.15, -0.1) is 11.3 Å². The lowest BCUT2D eigenvalue weighted by Crippen LogP contribution is -2.30. The second-order valence-corrected chi connectivity index (χ2v) is 7.32. The molecule has 1 amide bonds. The van der Waals surface area contributed by atoms with Crippen LogP contribution in [-0.2, 0) is 9.53 Å². The van der Waals surface area contributed by atoms with Crippen molar-refractivity contribution < 1.29 is 24.0 Å². The molecule has 0 unspecified atom stereocenters. The number of anilines is 1. The number of nitrogens with zero attached hydrogens (tertiary/aromatic N) is 1. The molecule has 3 aromatic rings. The molecule has 9 heteroatoms. The van der Waals surface area contributed by atoms with Crippen molar-refractivity contribution in [2.75, 3.05) is 11.9 Å². The number of nitro groups is 1. The average Bonchev–Trinajstić information content (AvgIpc) is 3.18. The molecule has 1 aromatic heterocycles. The van der Waals surface area contributed by atoms with Crippen LogP contribution in [0.3, 0.4) is 0 Å². The molecule has 8 nitrogen and oxygen atoms in total. The number of ether oxygens (including phenoxy) is 2. The third-order valence-electron chi connectivity index (χ3n) is 4.32. The van der Waals surface area contributed by atoms with Gasteiger partial charge >= 0.3 is 5.97 Å². The number of thiophene rings is 1. The van der Waals surface area contributed by atoms with E-state index in [4.69, 9.17) is 9.47 Å². The summed E-state index contributed by atoms with van der Waals surface area (Å²) in [6.07, 6.45) is -0.904. The van der Waals surface area contributed by atoms with Crippen molar-refractivity contribution in [3.05, 3.63) is 75.7 Å². The molecular formula is C22H20N2O6S. The third kappa shape index (κ3) is 5.26. The Labute approximate surface area is 182 Å². The number of carbonyl (C=O) groups is 2. The van der Waals surface area contributed by atoms with Crippen LogP contribution in [0.2, 0.25) is 0 Å². The topological polar surface area (TPSA) is 108 Å². The Hall–Kier alpha value is -3.72. The monoisotopic (exact) mass is 440 g/mol. The zero-order chi connectivity index (χ0) is 22.4. The van der Waals surface area contributed by atoms with Crippen LogP contribution in [0.4, 0.5) is 10.7 Å². The number of rotatable bonds is 8. The van der Waals surface area contributed by atoms with E-state index in [9.17, 15) is 19.7 Å². The fraction of sp³-hybridized carbons (Fsp3) is 0.182. The van der Waals surface area contributed by atoms with Gasteiger partial charge in [0.25, 0.3) is 11.6 Å². The Morgan fingerprint density at radius 3 is 2.42 bits per heavy atom. The van der Waals surface area contributed by atoms with Crippen LogP contribution in [-0.4, -0.2) is 29.5 Å². The lowest BCUT2D eigenvalue weighted by Gasteiger charge is -2.15. The first-order chi connectivity index (χ1) is 14.9. The highest BCUT2D eigenvalue weighted by atomic mass is 32.1. The predicted octanol–water partition coefficient (Wildman–Crippen LogP) is 4.91. The van der Waals surface area contributed by atoms with E-state index < -0.39 is 22.9 Å². The van der Waals surface area contributed by atoms with Gasteiger partial charge in [-0.3, -0.25) is 14.9 Å². The maximum absolute atomic E-state index is 12.7. The second-order valence-electron chi connectivity index (χ2n) is 6.44. The van der Waals surface area contributed by atoms with Crippen molar-refractivity contribution in [1.82, 2.24) is 0 Å². The molecule has 31 heavy (non-hydrogen) atoms. The number of benzene rings is 2. The van der Waals surface area contributed by atoms with E-state index in [-0.39, 0.29) is 17.9 Å². The Balaban J connectivity index is 1.79. The normalized spacial score (nSPS) is 11.4. The number of esters is 1. The van der Waals surface area contributed by atoms with Crippen LogP contribution in [0, 0.1) is 10.1 Å². The molecular weight excluding hydrogens is 420 g/mol. The van der Waals surface area contributed by atoms with Gasteiger partial charge in [0.1, 0.15) is 16.3 Å². The van der Waals surface area contributed by atoms with Crippen LogP contribution in [0.5, 0.6) is 5.75 Å². The smallest absolute Gasteiger partial charge is 0.341 e. The van der Waals surface area contributed by atoms with Gasteiger partial charge in [-0.25, -0.2) is 4.79 Å². The Kier molecular flexibility index (Phi) is 6.99. The molecule has 1 N–H and O–H groups in total. The molecule has 1 atom stereocenters. The summed E-state index contributed by atoms with van der Waals surface area (Å²) in [6.45, 7) is 3.47. The number of amides is 1. The molecule has 0 aliphatic carbocycles. The minimum atomic E-state index is -0.904. The molecule has 0 bridgehead atoms. The molecule has 0 spiro atoms. The summed E-state index contributed by atoms with van der Waals surface area (Å²) in [5, 5.41) is 15.6. The quantitative estimate of drug-likeness (QED) is 0.303. The summed E-state index contributed by atoms with van der Waals surface area (Å²) in [7, 11) is 0. The van der Waals surface area contributed by atoms with E-state index in [0.717, 1.165) is 5.56 Å². The van der Waals surface area contributed by atoms with E-state index in [2.05, 4.69) is 5.32 Å². The van der Waals surface area contributed by atoms with Gasteiger partial charge in [-0.2, -0.15) is 0 Å². The van der Waals surface area contributed by atoms with Gasteiger partial charge in [0.05, 0.1) is 11.5 Å². The van der Waals surface area contributed by atoms with Gasteiger partial charge in [0.2, 0.25) is 0 Å². The number of non-ortho nitro benzene ring substituents is 1. The molecule has 160 valence electrons. The highest BCUT2D eigenvalue weighted by molar-refractivity contribution is 7.15. The predicted molar refractivity (Wildman–Crippen MR) is 118 cm³/mol. The lowest BCUT2D eigenvalue weighted by atomic mass is 10.0. The van der Waals surface area contributed by atoms with Crippen molar-refractivity contribution in [3.8, 4) is 16.9 Å². The summed E-state index contributed by atoms with van der Waals surface area (Å²) in [5.41, 5.74) is 1.71. The zero-order valence-corrected chi connectivity index (χ0v) is 17.7. The highest BCUT2D eigenvalue weighted by Crippen LogP contribution is 2.36. The second kappa shape index (κ2) is 9.86. The fourth-order valence-electron chi connectivity index (χ4n) is 2.80. The summed E-state index contributed by atoms with van der Waals surface area (Å²) in [6, 6.07) is 14.8. The van der Waals surface area contributed by atoms with Gasteiger partial charge < -0.3 is 14.8 Å². The van der Waals surface area contributed by atoms with Crippen molar-refractivity contribution in [3.63, 3.8) is 0 Å². The molecule has 0 fully saturated rings. The number of nitrogens with one attached hydrogen (secondary N) is 1. The summed E-state index contributed by atoms with van der Waals surface area (Å²) in [5.74, 6) is -0.678. The first kappa shape index (κ1) is 22.0. The summed E-state index contributed by atoms with van der Waals surface area (Å²) in [4.78, 5) is 35.5. The van der Waals surface area contributed by atoms with Crippen LogP contribution in [0.25, 0.3) is 11.1 Å². The van der Waals surface area contributed by atoms with E-state index in [1.54, 1.807) is 19.2 Å². The molecule has 2 aromatic carbocycles. The fourth-order valence-corrected chi connectivity index (χ4v) is 3.76.